The molecule has 0 bridgehead atoms. The molecule has 1 N–H and O–H groups in total. The molecule has 0 heterocycles. The lowest BCUT2D eigenvalue weighted by atomic mass is 10.0. The average molecular weight is 239 g/mol. The van der Waals surface area contributed by atoms with Crippen LogP contribution in [0.3, 0.4) is 0 Å². The lowest BCUT2D eigenvalue weighted by molar-refractivity contribution is 1.14. The molecule has 0 amide bonds. The maximum atomic E-state index is 3.12. The van der Waals surface area contributed by atoms with Crippen molar-refractivity contribution in [3.05, 3.63) is 67.3 Å². The van der Waals surface area contributed by atoms with Gasteiger partial charge in [-0.1, -0.05) is 43.3 Å². The molecule has 0 saturated carbocycles. The number of rotatable bonds is 3. The van der Waals surface area contributed by atoms with Gasteiger partial charge in [0, 0.05) is 12.7 Å². The lowest BCUT2D eigenvalue weighted by Crippen LogP contribution is -1.87. The molecule has 0 fully saturated rings. The molecule has 0 aliphatic rings. The van der Waals surface area contributed by atoms with Crippen molar-refractivity contribution < 1.29 is 0 Å². The zero-order valence-corrected chi connectivity index (χ0v) is 11.2. The third-order valence-electron chi connectivity index (χ3n) is 2.87. The minimum absolute atomic E-state index is 1.10. The number of hydrogen-bond acceptors (Lipinski definition) is 1. The fraction of sp³-hybridized carbons (Fsp3) is 0.176. The Kier molecular flexibility index (Phi) is 5.72. The molecule has 0 unspecified atom stereocenters. The van der Waals surface area contributed by atoms with Gasteiger partial charge >= 0.3 is 0 Å². The third kappa shape index (κ3) is 3.49. The summed E-state index contributed by atoms with van der Waals surface area (Å²) in [4.78, 5) is 0. The summed E-state index contributed by atoms with van der Waals surface area (Å²) in [5, 5.41) is 3.12. The monoisotopic (exact) mass is 239 g/mol. The number of hydrogen-bond donors (Lipinski definition) is 1. The second-order valence-corrected chi connectivity index (χ2v) is 3.88. The van der Waals surface area contributed by atoms with E-state index in [-0.39, 0.29) is 0 Å². The summed E-state index contributed by atoms with van der Waals surface area (Å²) in [6.07, 6.45) is 1.10. The van der Waals surface area contributed by atoms with Crippen LogP contribution in [0.5, 0.6) is 0 Å². The Balaban J connectivity index is 0.000000771. The Morgan fingerprint density at radius 3 is 1.67 bits per heavy atom. The number of aryl methyl sites for hydroxylation is 1. The average Bonchev–Trinajstić information content (AvgIpc) is 2.49. The smallest absolute Gasteiger partial charge is 0.0337 e. The van der Waals surface area contributed by atoms with E-state index in [1.807, 2.05) is 7.05 Å². The Hall–Kier alpha value is -2.02. The molecule has 2 rings (SSSR count). The zero-order valence-electron chi connectivity index (χ0n) is 11.2. The fourth-order valence-corrected chi connectivity index (χ4v) is 1.76. The Labute approximate surface area is 110 Å². The van der Waals surface area contributed by atoms with Crippen molar-refractivity contribution >= 4 is 5.69 Å². The molecule has 0 saturated heterocycles. The highest BCUT2D eigenvalue weighted by Crippen LogP contribution is 2.21. The van der Waals surface area contributed by atoms with E-state index < -0.39 is 0 Å². The fourth-order valence-electron chi connectivity index (χ4n) is 1.76. The van der Waals surface area contributed by atoms with Crippen LogP contribution in [-0.2, 0) is 6.42 Å². The minimum atomic E-state index is 1.10. The topological polar surface area (TPSA) is 12.0 Å². The molecule has 18 heavy (non-hydrogen) atoms. The minimum Gasteiger partial charge on any atom is -0.388 e. The molecule has 1 nitrogen and oxygen atoms in total. The Bertz CT molecular complexity index is 408. The van der Waals surface area contributed by atoms with Crippen molar-refractivity contribution in [1.29, 1.82) is 0 Å². The highest BCUT2D eigenvalue weighted by atomic mass is 14.8. The van der Waals surface area contributed by atoms with Gasteiger partial charge in [0.15, 0.2) is 0 Å². The number of nitrogens with one attached hydrogen (secondary N) is 1. The van der Waals surface area contributed by atoms with Crippen LogP contribution >= 0.6 is 0 Å². The van der Waals surface area contributed by atoms with Crippen molar-refractivity contribution in [3.8, 4) is 11.1 Å². The summed E-state index contributed by atoms with van der Waals surface area (Å²) in [6, 6.07) is 17.3. The molecule has 0 aromatic heterocycles. The SMILES string of the molecule is C=C.CCc1ccc(-c2ccc(NC)cc2)cc1. The first kappa shape index (κ1) is 14.0. The Morgan fingerprint density at radius 2 is 1.28 bits per heavy atom. The molecular weight excluding hydrogens is 218 g/mol. The third-order valence-corrected chi connectivity index (χ3v) is 2.87. The predicted molar refractivity (Wildman–Crippen MR) is 82.1 cm³/mol. The van der Waals surface area contributed by atoms with Gasteiger partial charge in [-0.25, -0.2) is 0 Å². The van der Waals surface area contributed by atoms with Crippen LogP contribution in [-0.4, -0.2) is 7.05 Å². The summed E-state index contributed by atoms with van der Waals surface area (Å²) in [5.41, 5.74) is 5.08. The molecule has 0 radical (unpaired) electrons. The largest absolute Gasteiger partial charge is 0.388 e. The molecule has 94 valence electrons. The predicted octanol–water partition coefficient (Wildman–Crippen LogP) is 4.76. The van der Waals surface area contributed by atoms with Gasteiger partial charge in [0.05, 0.1) is 0 Å². The van der Waals surface area contributed by atoms with Crippen LogP contribution in [0.2, 0.25) is 0 Å². The summed E-state index contributed by atoms with van der Waals surface area (Å²) in [6.45, 7) is 8.18. The summed E-state index contributed by atoms with van der Waals surface area (Å²) in [5.74, 6) is 0. The molecular formula is C17H21N. The van der Waals surface area contributed by atoms with E-state index in [1.54, 1.807) is 0 Å². The molecule has 2 aromatic rings. The van der Waals surface area contributed by atoms with Gasteiger partial charge < -0.3 is 5.32 Å². The van der Waals surface area contributed by atoms with Gasteiger partial charge in [0.1, 0.15) is 0 Å². The summed E-state index contributed by atoms with van der Waals surface area (Å²) < 4.78 is 0. The van der Waals surface area contributed by atoms with Crippen molar-refractivity contribution in [3.63, 3.8) is 0 Å². The van der Waals surface area contributed by atoms with Gasteiger partial charge in [-0.2, -0.15) is 0 Å². The highest BCUT2D eigenvalue weighted by Gasteiger charge is 1.97. The molecule has 0 atom stereocenters. The first-order valence-corrected chi connectivity index (χ1v) is 6.20. The van der Waals surface area contributed by atoms with E-state index >= 15 is 0 Å². The van der Waals surface area contributed by atoms with Gasteiger partial charge in [-0.05, 0) is 35.2 Å². The van der Waals surface area contributed by atoms with Gasteiger partial charge in [0.25, 0.3) is 0 Å². The van der Waals surface area contributed by atoms with Crippen molar-refractivity contribution in [2.24, 2.45) is 0 Å². The maximum Gasteiger partial charge on any atom is 0.0337 e. The van der Waals surface area contributed by atoms with E-state index in [1.165, 1.54) is 16.7 Å². The second-order valence-electron chi connectivity index (χ2n) is 3.88. The Morgan fingerprint density at radius 1 is 0.833 bits per heavy atom. The van der Waals surface area contributed by atoms with Crippen molar-refractivity contribution in [1.82, 2.24) is 0 Å². The van der Waals surface area contributed by atoms with Crippen LogP contribution in [0.25, 0.3) is 11.1 Å². The zero-order chi connectivity index (χ0) is 13.4. The molecule has 0 aliphatic carbocycles. The maximum absolute atomic E-state index is 3.12. The van der Waals surface area contributed by atoms with Crippen LogP contribution < -0.4 is 5.32 Å². The van der Waals surface area contributed by atoms with Gasteiger partial charge in [-0.15, -0.1) is 13.2 Å². The second kappa shape index (κ2) is 7.33. The molecule has 2 aromatic carbocycles. The number of benzene rings is 2. The standard InChI is InChI=1S/C15H17N.C2H4/c1-3-12-4-6-13(7-5-12)14-8-10-15(16-2)11-9-14;1-2/h4-11,16H,3H2,1-2H3;1-2H2. The highest BCUT2D eigenvalue weighted by molar-refractivity contribution is 5.66. The van der Waals surface area contributed by atoms with Gasteiger partial charge in [0.2, 0.25) is 0 Å². The number of anilines is 1. The van der Waals surface area contributed by atoms with E-state index in [2.05, 4.69) is 73.9 Å². The molecule has 0 aliphatic heterocycles. The van der Waals surface area contributed by atoms with Crippen molar-refractivity contribution in [2.75, 3.05) is 12.4 Å². The first-order valence-electron chi connectivity index (χ1n) is 6.20. The van der Waals surface area contributed by atoms with Crippen LogP contribution in [0.15, 0.2) is 61.7 Å². The first-order chi connectivity index (χ1) is 8.83. The van der Waals surface area contributed by atoms with Crippen LogP contribution in [0, 0.1) is 0 Å². The quantitative estimate of drug-likeness (QED) is 0.761. The van der Waals surface area contributed by atoms with E-state index in [0.29, 0.717) is 0 Å². The van der Waals surface area contributed by atoms with E-state index in [9.17, 15) is 0 Å². The molecule has 0 spiro atoms. The van der Waals surface area contributed by atoms with Crippen LogP contribution in [0.4, 0.5) is 5.69 Å². The summed E-state index contributed by atoms with van der Waals surface area (Å²) in [7, 11) is 1.94. The van der Waals surface area contributed by atoms with Crippen molar-refractivity contribution in [2.45, 2.75) is 13.3 Å². The van der Waals surface area contributed by atoms with Crippen LogP contribution in [0.1, 0.15) is 12.5 Å². The summed E-state index contributed by atoms with van der Waals surface area (Å²) >= 11 is 0. The van der Waals surface area contributed by atoms with E-state index in [4.69, 9.17) is 0 Å². The van der Waals surface area contributed by atoms with Gasteiger partial charge in [-0.3, -0.25) is 0 Å². The lowest BCUT2D eigenvalue weighted by Gasteiger charge is -2.05. The molecule has 1 heteroatoms. The normalized spacial score (nSPS) is 9.22. The van der Waals surface area contributed by atoms with E-state index in [0.717, 1.165) is 12.1 Å².